The molecule has 26 heavy (non-hydrogen) atoms. The van der Waals surface area contributed by atoms with Gasteiger partial charge in [0.2, 0.25) is 11.8 Å². The van der Waals surface area contributed by atoms with E-state index in [9.17, 15) is 9.59 Å². The zero-order valence-electron chi connectivity index (χ0n) is 15.7. The molecule has 6 heteroatoms. The summed E-state index contributed by atoms with van der Waals surface area (Å²) in [7, 11) is 1.72. The number of carbonyl (C=O) groups excluding carboxylic acids is 2. The zero-order valence-corrected chi connectivity index (χ0v) is 16.5. The average Bonchev–Trinajstić information content (AvgIpc) is 3.20. The fraction of sp³-hybridized carbons (Fsp3) is 0.700. The van der Waals surface area contributed by atoms with Gasteiger partial charge < -0.3 is 15.0 Å². The molecule has 1 N–H and O–H groups in total. The van der Waals surface area contributed by atoms with Crippen molar-refractivity contribution >= 4 is 23.2 Å². The van der Waals surface area contributed by atoms with Gasteiger partial charge in [-0.1, -0.05) is 19.3 Å². The SMILES string of the molecule is COC1(CNC(=O)C2CCCCC2)CCN(C(=O)Cc2ccsc2)CC1. The molecule has 2 aliphatic rings. The Morgan fingerprint density at radius 3 is 2.62 bits per heavy atom. The summed E-state index contributed by atoms with van der Waals surface area (Å²) in [5.41, 5.74) is 0.743. The number of nitrogens with zero attached hydrogens (tertiary/aromatic N) is 1. The maximum Gasteiger partial charge on any atom is 0.227 e. The molecule has 1 saturated heterocycles. The van der Waals surface area contributed by atoms with Crippen LogP contribution >= 0.6 is 11.3 Å². The van der Waals surface area contributed by atoms with Crippen LogP contribution < -0.4 is 5.32 Å². The summed E-state index contributed by atoms with van der Waals surface area (Å²) in [6.07, 6.45) is 7.60. The molecule has 1 aliphatic heterocycles. The molecule has 0 bridgehead atoms. The lowest BCUT2D eigenvalue weighted by Gasteiger charge is -2.41. The Balaban J connectivity index is 1.47. The monoisotopic (exact) mass is 378 g/mol. The topological polar surface area (TPSA) is 58.6 Å². The van der Waals surface area contributed by atoms with Gasteiger partial charge in [0.25, 0.3) is 0 Å². The number of nitrogens with one attached hydrogen (secondary N) is 1. The van der Waals surface area contributed by atoms with Crippen LogP contribution in [0.5, 0.6) is 0 Å². The molecule has 0 atom stereocenters. The van der Waals surface area contributed by atoms with E-state index in [0.29, 0.717) is 26.1 Å². The van der Waals surface area contributed by atoms with E-state index in [1.54, 1.807) is 18.4 Å². The van der Waals surface area contributed by atoms with Crippen molar-refractivity contribution in [3.8, 4) is 0 Å². The number of likely N-dealkylation sites (tertiary alicyclic amines) is 1. The van der Waals surface area contributed by atoms with Gasteiger partial charge >= 0.3 is 0 Å². The number of hydrogen-bond acceptors (Lipinski definition) is 4. The molecule has 1 aromatic heterocycles. The van der Waals surface area contributed by atoms with Gasteiger partial charge in [-0.2, -0.15) is 11.3 Å². The molecule has 1 aliphatic carbocycles. The number of ether oxygens (including phenoxy) is 1. The third kappa shape index (κ3) is 4.86. The summed E-state index contributed by atoms with van der Waals surface area (Å²) < 4.78 is 5.80. The second kappa shape index (κ2) is 9.00. The van der Waals surface area contributed by atoms with Gasteiger partial charge in [-0.3, -0.25) is 9.59 Å². The van der Waals surface area contributed by atoms with Crippen molar-refractivity contribution in [2.75, 3.05) is 26.7 Å². The first-order valence-electron chi connectivity index (χ1n) is 9.74. The van der Waals surface area contributed by atoms with Crippen LogP contribution in [0.1, 0.15) is 50.5 Å². The van der Waals surface area contributed by atoms with Gasteiger partial charge in [-0.15, -0.1) is 0 Å². The van der Waals surface area contributed by atoms with Crippen molar-refractivity contribution in [3.05, 3.63) is 22.4 Å². The Hall–Kier alpha value is -1.40. The van der Waals surface area contributed by atoms with Crippen LogP contribution in [0.4, 0.5) is 0 Å². The summed E-state index contributed by atoms with van der Waals surface area (Å²) >= 11 is 1.62. The van der Waals surface area contributed by atoms with Crippen LogP contribution in [-0.4, -0.2) is 49.1 Å². The fourth-order valence-electron chi connectivity index (χ4n) is 4.05. The molecule has 1 saturated carbocycles. The van der Waals surface area contributed by atoms with Crippen molar-refractivity contribution in [1.82, 2.24) is 10.2 Å². The van der Waals surface area contributed by atoms with Crippen LogP contribution in [0.25, 0.3) is 0 Å². The third-order valence-electron chi connectivity index (χ3n) is 5.96. The number of rotatable bonds is 6. The van der Waals surface area contributed by atoms with E-state index >= 15 is 0 Å². The van der Waals surface area contributed by atoms with Gasteiger partial charge in [-0.25, -0.2) is 0 Å². The van der Waals surface area contributed by atoms with Gasteiger partial charge in [0, 0.05) is 32.7 Å². The molecule has 0 radical (unpaired) electrons. The molecule has 3 rings (SSSR count). The summed E-state index contributed by atoms with van der Waals surface area (Å²) in [5, 5.41) is 7.16. The predicted molar refractivity (Wildman–Crippen MR) is 103 cm³/mol. The van der Waals surface area contributed by atoms with Crippen molar-refractivity contribution in [1.29, 1.82) is 0 Å². The van der Waals surface area contributed by atoms with Crippen molar-refractivity contribution in [2.45, 2.75) is 57.0 Å². The third-order valence-corrected chi connectivity index (χ3v) is 6.69. The van der Waals surface area contributed by atoms with Crippen molar-refractivity contribution < 1.29 is 14.3 Å². The zero-order chi connectivity index (χ0) is 18.4. The number of carbonyl (C=O) groups is 2. The van der Waals surface area contributed by atoms with Crippen molar-refractivity contribution in [3.63, 3.8) is 0 Å². The Morgan fingerprint density at radius 2 is 2.00 bits per heavy atom. The highest BCUT2D eigenvalue weighted by Crippen LogP contribution is 2.27. The minimum atomic E-state index is -0.344. The first kappa shape index (κ1) is 19.4. The minimum Gasteiger partial charge on any atom is -0.376 e. The number of thiophene rings is 1. The van der Waals surface area contributed by atoms with Crippen molar-refractivity contribution in [2.24, 2.45) is 5.92 Å². The van der Waals surface area contributed by atoms with Gasteiger partial charge in [0.15, 0.2) is 0 Å². The van der Waals surface area contributed by atoms with E-state index in [-0.39, 0.29) is 23.3 Å². The fourth-order valence-corrected chi connectivity index (χ4v) is 4.72. The molecule has 0 spiro atoms. The minimum absolute atomic E-state index is 0.171. The molecule has 2 fully saturated rings. The van der Waals surface area contributed by atoms with E-state index < -0.39 is 0 Å². The van der Waals surface area contributed by atoms with E-state index in [1.165, 1.54) is 6.42 Å². The lowest BCUT2D eigenvalue weighted by molar-refractivity contribution is -0.137. The van der Waals surface area contributed by atoms with E-state index in [0.717, 1.165) is 44.1 Å². The molecule has 5 nitrogen and oxygen atoms in total. The number of hydrogen-bond donors (Lipinski definition) is 1. The molecule has 0 aromatic carbocycles. The largest absolute Gasteiger partial charge is 0.376 e. The first-order valence-corrected chi connectivity index (χ1v) is 10.7. The molecule has 2 heterocycles. The van der Waals surface area contributed by atoms with E-state index in [2.05, 4.69) is 5.32 Å². The van der Waals surface area contributed by atoms with Gasteiger partial charge in [0.05, 0.1) is 12.0 Å². The number of methoxy groups -OCH3 is 1. The Morgan fingerprint density at radius 1 is 1.27 bits per heavy atom. The van der Waals surface area contributed by atoms with Gasteiger partial charge in [0.1, 0.15) is 0 Å². The Bertz CT molecular complexity index is 588. The highest BCUT2D eigenvalue weighted by molar-refractivity contribution is 7.08. The predicted octanol–water partition coefficient (Wildman–Crippen LogP) is 2.99. The summed E-state index contributed by atoms with van der Waals surface area (Å²) in [4.78, 5) is 26.8. The summed E-state index contributed by atoms with van der Waals surface area (Å²) in [5.74, 6) is 0.529. The quantitative estimate of drug-likeness (QED) is 0.828. The molecule has 1 aromatic rings. The Kier molecular flexibility index (Phi) is 6.70. The van der Waals surface area contributed by atoms with Crippen LogP contribution in [0.15, 0.2) is 16.8 Å². The molecular formula is C20H30N2O3S. The maximum atomic E-state index is 12.5. The highest BCUT2D eigenvalue weighted by atomic mass is 32.1. The van der Waals surface area contributed by atoms with Crippen LogP contribution in [0, 0.1) is 5.92 Å². The molecule has 0 unspecified atom stereocenters. The smallest absolute Gasteiger partial charge is 0.227 e. The molecule has 144 valence electrons. The van der Waals surface area contributed by atoms with E-state index in [4.69, 9.17) is 4.74 Å². The highest BCUT2D eigenvalue weighted by Gasteiger charge is 2.36. The van der Waals surface area contributed by atoms with Crippen LogP contribution in [-0.2, 0) is 20.7 Å². The normalized spacial score (nSPS) is 20.7. The van der Waals surface area contributed by atoms with Crippen LogP contribution in [0.3, 0.4) is 0 Å². The standard InChI is InChI=1S/C20H30N2O3S/c1-25-20(15-21-19(24)17-5-3-2-4-6-17)8-10-22(11-9-20)18(23)13-16-7-12-26-14-16/h7,12,14,17H,2-6,8-11,13,15H2,1H3,(H,21,24). The second-order valence-electron chi connectivity index (χ2n) is 7.63. The lowest BCUT2D eigenvalue weighted by Crippen LogP contribution is -2.54. The maximum absolute atomic E-state index is 12.5. The van der Waals surface area contributed by atoms with E-state index in [1.807, 2.05) is 21.7 Å². The number of piperidine rings is 1. The first-order chi connectivity index (χ1) is 12.6. The molecule has 2 amide bonds. The molecular weight excluding hydrogens is 348 g/mol. The summed E-state index contributed by atoms with van der Waals surface area (Å²) in [6, 6.07) is 2.01. The van der Waals surface area contributed by atoms with Gasteiger partial charge in [-0.05, 0) is 48.1 Å². The van der Waals surface area contributed by atoms with Crippen LogP contribution in [0.2, 0.25) is 0 Å². The average molecular weight is 379 g/mol. The second-order valence-corrected chi connectivity index (χ2v) is 8.41. The number of amides is 2. The lowest BCUT2D eigenvalue weighted by atomic mass is 9.87. The Labute approximate surface area is 160 Å². The summed E-state index contributed by atoms with van der Waals surface area (Å²) in [6.45, 7) is 1.93.